The summed E-state index contributed by atoms with van der Waals surface area (Å²) >= 11 is 0. The Kier molecular flexibility index (Phi) is 4.07. The first-order valence-electron chi connectivity index (χ1n) is 11.6. The van der Waals surface area contributed by atoms with Crippen LogP contribution in [0.15, 0.2) is 121 Å². The molecule has 0 N–H and O–H groups in total. The lowest BCUT2D eigenvalue weighted by atomic mass is 9.39. The molecule has 0 bridgehead atoms. The zero-order valence-corrected chi connectivity index (χ0v) is 18.3. The van der Waals surface area contributed by atoms with Crippen molar-refractivity contribution in [2.24, 2.45) is 0 Å². The van der Waals surface area contributed by atoms with E-state index in [1.807, 2.05) is 0 Å². The number of hydrogen-bond acceptors (Lipinski definition) is 1. The Morgan fingerprint density at radius 3 is 1.55 bits per heavy atom. The second-order valence-electron chi connectivity index (χ2n) is 8.97. The van der Waals surface area contributed by atoms with E-state index in [-0.39, 0.29) is 6.71 Å². The fraction of sp³-hybridized carbons (Fsp3) is 0.0323. The van der Waals surface area contributed by atoms with Gasteiger partial charge in [0.25, 0.3) is 0 Å². The van der Waals surface area contributed by atoms with Crippen LogP contribution in [0.4, 0.5) is 17.1 Å². The summed E-state index contributed by atoms with van der Waals surface area (Å²) < 4.78 is 0. The number of benzene rings is 5. The molecular formula is C31H22BN. The van der Waals surface area contributed by atoms with Gasteiger partial charge in [-0.1, -0.05) is 113 Å². The number of rotatable bonds is 2. The Morgan fingerprint density at radius 1 is 0.485 bits per heavy atom. The number of para-hydroxylation sites is 2. The highest BCUT2D eigenvalue weighted by Gasteiger charge is 2.33. The van der Waals surface area contributed by atoms with Crippen LogP contribution in [0.1, 0.15) is 11.1 Å². The topological polar surface area (TPSA) is 3.24 Å². The molecule has 0 saturated heterocycles. The van der Waals surface area contributed by atoms with Gasteiger partial charge >= 0.3 is 0 Å². The Bertz CT molecular complexity index is 1410. The molecule has 0 amide bonds. The smallest absolute Gasteiger partial charge is 0.242 e. The first-order valence-corrected chi connectivity index (χ1v) is 11.6. The van der Waals surface area contributed by atoms with E-state index >= 15 is 0 Å². The van der Waals surface area contributed by atoms with Gasteiger partial charge in [0.15, 0.2) is 0 Å². The fourth-order valence-electron chi connectivity index (χ4n) is 5.70. The predicted molar refractivity (Wildman–Crippen MR) is 140 cm³/mol. The molecule has 33 heavy (non-hydrogen) atoms. The summed E-state index contributed by atoms with van der Waals surface area (Å²) in [4.78, 5) is 2.41. The van der Waals surface area contributed by atoms with Crippen LogP contribution < -0.4 is 21.3 Å². The van der Waals surface area contributed by atoms with Gasteiger partial charge in [0.1, 0.15) is 0 Å². The largest absolute Gasteiger partial charge is 0.310 e. The molecule has 5 aromatic carbocycles. The zero-order valence-electron chi connectivity index (χ0n) is 18.3. The van der Waals surface area contributed by atoms with E-state index in [1.54, 1.807) is 0 Å². The minimum absolute atomic E-state index is 0.285. The zero-order chi connectivity index (χ0) is 21.8. The van der Waals surface area contributed by atoms with Gasteiger partial charge in [-0.15, -0.1) is 0 Å². The Balaban J connectivity index is 1.34. The van der Waals surface area contributed by atoms with Gasteiger partial charge < -0.3 is 4.90 Å². The molecule has 7 rings (SSSR count). The molecule has 0 aromatic heterocycles. The summed E-state index contributed by atoms with van der Waals surface area (Å²) in [6, 6.07) is 44.4. The molecular weight excluding hydrogens is 397 g/mol. The summed E-state index contributed by atoms with van der Waals surface area (Å²) in [7, 11) is 0. The van der Waals surface area contributed by atoms with Crippen molar-refractivity contribution < 1.29 is 0 Å². The van der Waals surface area contributed by atoms with Gasteiger partial charge in [0.05, 0.1) is 0 Å². The van der Waals surface area contributed by atoms with Gasteiger partial charge in [-0.2, -0.15) is 0 Å². The predicted octanol–water partition coefficient (Wildman–Crippen LogP) is 5.56. The van der Waals surface area contributed by atoms with Crippen molar-refractivity contribution in [1.82, 2.24) is 0 Å². The molecule has 2 aliphatic rings. The van der Waals surface area contributed by atoms with Crippen LogP contribution in [0.2, 0.25) is 0 Å². The molecule has 154 valence electrons. The molecule has 0 saturated carbocycles. The fourth-order valence-corrected chi connectivity index (χ4v) is 5.70. The minimum Gasteiger partial charge on any atom is -0.310 e. The first kappa shape index (κ1) is 18.5. The van der Waals surface area contributed by atoms with E-state index in [1.165, 1.54) is 55.7 Å². The Morgan fingerprint density at radius 2 is 0.970 bits per heavy atom. The third kappa shape index (κ3) is 2.81. The van der Waals surface area contributed by atoms with Gasteiger partial charge in [-0.25, -0.2) is 0 Å². The van der Waals surface area contributed by atoms with Crippen molar-refractivity contribution in [3.8, 4) is 11.1 Å². The van der Waals surface area contributed by atoms with Crippen LogP contribution >= 0.6 is 0 Å². The summed E-state index contributed by atoms with van der Waals surface area (Å²) in [6.45, 7) is 0.285. The highest BCUT2D eigenvalue weighted by molar-refractivity contribution is 6.99. The molecule has 1 nitrogen and oxygen atoms in total. The number of nitrogens with zero attached hydrogens (tertiary/aromatic N) is 1. The SMILES string of the molecule is c1ccc2c(c1)Cc1ccccc1N2c1ccc(B2c3ccccc3-c3ccccc32)cc1. The summed E-state index contributed by atoms with van der Waals surface area (Å²) in [5.74, 6) is 0. The number of fused-ring (bicyclic) bond motifs is 5. The van der Waals surface area contributed by atoms with Crippen LogP contribution in [-0.4, -0.2) is 6.71 Å². The summed E-state index contributed by atoms with van der Waals surface area (Å²) in [6.07, 6.45) is 0.983. The second-order valence-corrected chi connectivity index (χ2v) is 8.97. The summed E-state index contributed by atoms with van der Waals surface area (Å²) in [5, 5.41) is 0. The monoisotopic (exact) mass is 419 g/mol. The van der Waals surface area contributed by atoms with E-state index < -0.39 is 0 Å². The molecule has 2 aliphatic heterocycles. The molecule has 0 unspecified atom stereocenters. The Labute approximate surface area is 195 Å². The van der Waals surface area contributed by atoms with Crippen LogP contribution in [0.5, 0.6) is 0 Å². The molecule has 0 fully saturated rings. The van der Waals surface area contributed by atoms with Crippen molar-refractivity contribution in [2.45, 2.75) is 6.42 Å². The van der Waals surface area contributed by atoms with Crippen LogP contribution in [-0.2, 0) is 6.42 Å². The summed E-state index contributed by atoms with van der Waals surface area (Å²) in [5.41, 5.74) is 13.4. The Hall–Kier alpha value is -4.04. The maximum atomic E-state index is 2.41. The third-order valence-electron chi connectivity index (χ3n) is 7.16. The quantitative estimate of drug-likeness (QED) is 0.332. The van der Waals surface area contributed by atoms with Crippen LogP contribution in [0.25, 0.3) is 11.1 Å². The van der Waals surface area contributed by atoms with E-state index in [9.17, 15) is 0 Å². The van der Waals surface area contributed by atoms with Gasteiger partial charge in [-0.05, 0) is 46.5 Å². The molecule has 5 aromatic rings. The lowest BCUT2D eigenvalue weighted by molar-refractivity contribution is 1.09. The van der Waals surface area contributed by atoms with Crippen molar-refractivity contribution in [3.05, 3.63) is 132 Å². The van der Waals surface area contributed by atoms with Gasteiger partial charge in [0, 0.05) is 23.5 Å². The average Bonchev–Trinajstić information content (AvgIpc) is 3.22. The standard InChI is InChI=1S/C31H22BN/c1-7-15-30-22(9-1)21-23-10-2-8-16-31(23)33(30)25-19-17-24(18-20-25)32-28-13-5-3-11-26(28)27-12-4-6-14-29(27)32/h1-20H,21H2. The highest BCUT2D eigenvalue weighted by atomic mass is 15.2. The first-order chi connectivity index (χ1) is 16.4. The third-order valence-corrected chi connectivity index (χ3v) is 7.16. The van der Waals surface area contributed by atoms with Crippen LogP contribution in [0, 0.1) is 0 Å². The van der Waals surface area contributed by atoms with E-state index in [0.29, 0.717) is 0 Å². The maximum absolute atomic E-state index is 2.41. The van der Waals surface area contributed by atoms with Crippen LogP contribution in [0.3, 0.4) is 0 Å². The van der Waals surface area contributed by atoms with Crippen molar-refractivity contribution in [3.63, 3.8) is 0 Å². The van der Waals surface area contributed by atoms with Crippen molar-refractivity contribution in [2.75, 3.05) is 4.90 Å². The molecule has 0 spiro atoms. The van der Waals surface area contributed by atoms with E-state index in [2.05, 4.69) is 126 Å². The molecule has 0 atom stereocenters. The normalized spacial score (nSPS) is 13.2. The molecule has 0 radical (unpaired) electrons. The number of hydrogen-bond donors (Lipinski definition) is 0. The average molecular weight is 419 g/mol. The minimum atomic E-state index is 0.285. The molecule has 2 heterocycles. The van der Waals surface area contributed by atoms with E-state index in [4.69, 9.17) is 0 Å². The lowest BCUT2D eigenvalue weighted by Gasteiger charge is -2.33. The van der Waals surface area contributed by atoms with Crippen molar-refractivity contribution >= 4 is 40.2 Å². The lowest BCUT2D eigenvalue weighted by Crippen LogP contribution is -2.48. The highest BCUT2D eigenvalue weighted by Crippen LogP contribution is 2.43. The molecule has 0 aliphatic carbocycles. The second kappa shape index (κ2) is 7.25. The van der Waals surface area contributed by atoms with E-state index in [0.717, 1.165) is 6.42 Å². The van der Waals surface area contributed by atoms with Gasteiger partial charge in [-0.3, -0.25) is 0 Å². The maximum Gasteiger partial charge on any atom is 0.242 e. The molecule has 2 heteroatoms. The van der Waals surface area contributed by atoms with Gasteiger partial charge in [0.2, 0.25) is 6.71 Å². The van der Waals surface area contributed by atoms with Crippen molar-refractivity contribution in [1.29, 1.82) is 0 Å². The number of anilines is 3.